The van der Waals surface area contributed by atoms with Crippen LogP contribution in [0, 0.1) is 0 Å². The second kappa shape index (κ2) is 13.4. The molecule has 0 atom stereocenters. The fourth-order valence-electron chi connectivity index (χ4n) is 7.71. The summed E-state index contributed by atoms with van der Waals surface area (Å²) < 4.78 is 6.56. The maximum absolute atomic E-state index is 6.56. The Kier molecular flexibility index (Phi) is 7.85. The van der Waals surface area contributed by atoms with Crippen molar-refractivity contribution < 1.29 is 4.42 Å². The number of furan rings is 1. The van der Waals surface area contributed by atoms with Crippen LogP contribution in [0.4, 0.5) is 11.4 Å². The van der Waals surface area contributed by atoms with Crippen molar-refractivity contribution in [1.29, 1.82) is 0 Å². The maximum Gasteiger partial charge on any atom is 0.143 e. The van der Waals surface area contributed by atoms with E-state index >= 15 is 0 Å². The molecule has 0 bridgehead atoms. The number of anilines is 2. The van der Waals surface area contributed by atoms with Crippen molar-refractivity contribution in [2.24, 2.45) is 0 Å². The van der Waals surface area contributed by atoms with Gasteiger partial charge in [-0.25, -0.2) is 0 Å². The minimum absolute atomic E-state index is 0.894. The Morgan fingerprint density at radius 2 is 0.778 bits per heavy atom. The van der Waals surface area contributed by atoms with Crippen LogP contribution in [0.15, 0.2) is 211 Å². The molecule has 0 saturated heterocycles. The van der Waals surface area contributed by atoms with Crippen molar-refractivity contribution in [3.05, 3.63) is 206 Å². The summed E-state index contributed by atoms with van der Waals surface area (Å²) in [6, 6.07) is 73.4. The van der Waals surface area contributed by atoms with Crippen LogP contribution >= 0.6 is 0 Å². The summed E-state index contributed by atoms with van der Waals surface area (Å²) >= 11 is 0. The largest absolute Gasteiger partial charge is 0.455 e. The fourth-order valence-corrected chi connectivity index (χ4v) is 7.71. The highest BCUT2D eigenvalue weighted by atomic mass is 16.3. The highest BCUT2D eigenvalue weighted by Gasteiger charge is 2.16. The molecule has 0 spiro atoms. The van der Waals surface area contributed by atoms with Crippen LogP contribution in [0.1, 0.15) is 0 Å². The van der Waals surface area contributed by atoms with Crippen LogP contribution in [0.2, 0.25) is 0 Å². The van der Waals surface area contributed by atoms with Crippen LogP contribution in [0.5, 0.6) is 0 Å². The predicted octanol–water partition coefficient (Wildman–Crippen LogP) is 14.8. The monoisotopic (exact) mass is 689 g/mol. The molecule has 0 unspecified atom stereocenters. The summed E-state index contributed by atoms with van der Waals surface area (Å²) in [5.41, 5.74) is 15.7. The van der Waals surface area contributed by atoms with Gasteiger partial charge in [-0.15, -0.1) is 0 Å². The zero-order chi connectivity index (χ0) is 35.8. The van der Waals surface area contributed by atoms with Gasteiger partial charge >= 0.3 is 0 Å². The Bertz CT molecular complexity index is 2910. The van der Waals surface area contributed by atoms with Gasteiger partial charge in [-0.05, 0) is 97.9 Å². The van der Waals surface area contributed by atoms with Crippen molar-refractivity contribution in [1.82, 2.24) is 0 Å². The van der Waals surface area contributed by atoms with Gasteiger partial charge in [-0.1, -0.05) is 164 Å². The summed E-state index contributed by atoms with van der Waals surface area (Å²) in [4.78, 5) is 0. The van der Waals surface area contributed by atoms with E-state index in [9.17, 15) is 0 Å². The number of fused-ring (bicyclic) bond motifs is 5. The first-order chi connectivity index (χ1) is 26.7. The van der Waals surface area contributed by atoms with Crippen molar-refractivity contribution in [3.8, 4) is 55.6 Å². The van der Waals surface area contributed by atoms with Gasteiger partial charge in [0.2, 0.25) is 0 Å². The molecule has 1 heterocycles. The molecule has 9 aromatic carbocycles. The first-order valence-corrected chi connectivity index (χ1v) is 18.4. The normalized spacial score (nSPS) is 11.3. The van der Waals surface area contributed by atoms with Gasteiger partial charge in [0.1, 0.15) is 11.2 Å². The zero-order valence-corrected chi connectivity index (χ0v) is 29.5. The summed E-state index contributed by atoms with van der Waals surface area (Å²) in [5.74, 6) is 0. The highest BCUT2D eigenvalue weighted by molar-refractivity contribution is 6.19. The molecular weight excluding hydrogens is 655 g/mol. The molecule has 0 saturated carbocycles. The third kappa shape index (κ3) is 5.81. The number of benzene rings is 9. The Balaban J connectivity index is 1.03. The van der Waals surface area contributed by atoms with Gasteiger partial charge in [0.25, 0.3) is 0 Å². The zero-order valence-electron chi connectivity index (χ0n) is 29.5. The van der Waals surface area contributed by atoms with Gasteiger partial charge in [0.05, 0.1) is 0 Å². The van der Waals surface area contributed by atoms with Gasteiger partial charge in [-0.3, -0.25) is 0 Å². The second-order valence-electron chi connectivity index (χ2n) is 13.8. The van der Waals surface area contributed by atoms with E-state index in [4.69, 9.17) is 4.42 Å². The molecule has 0 aliphatic rings. The first-order valence-electron chi connectivity index (χ1n) is 18.4. The van der Waals surface area contributed by atoms with Crippen LogP contribution in [-0.4, -0.2) is 0 Å². The van der Waals surface area contributed by atoms with E-state index in [2.05, 4.69) is 212 Å². The van der Waals surface area contributed by atoms with Crippen LogP contribution in [0.25, 0.3) is 88.3 Å². The number of nitrogens with one attached hydrogen (secondary N) is 1. The van der Waals surface area contributed by atoms with Crippen molar-refractivity contribution in [3.63, 3.8) is 0 Å². The smallest absolute Gasteiger partial charge is 0.143 e. The Labute approximate surface area is 314 Å². The summed E-state index contributed by atoms with van der Waals surface area (Å²) in [5, 5.41) is 8.30. The van der Waals surface area contributed by atoms with Gasteiger partial charge in [-0.2, -0.15) is 0 Å². The number of rotatable bonds is 7. The first kappa shape index (κ1) is 31.6. The van der Waals surface area contributed by atoms with E-state index in [-0.39, 0.29) is 0 Å². The molecule has 2 nitrogen and oxygen atoms in total. The number of hydrogen-bond acceptors (Lipinski definition) is 2. The minimum atomic E-state index is 0.894. The molecule has 0 aliphatic carbocycles. The van der Waals surface area contributed by atoms with Gasteiger partial charge < -0.3 is 9.73 Å². The van der Waals surface area contributed by atoms with E-state index in [0.29, 0.717) is 0 Å². The average Bonchev–Trinajstić information content (AvgIpc) is 3.63. The molecule has 0 fully saturated rings. The minimum Gasteiger partial charge on any atom is -0.455 e. The van der Waals surface area contributed by atoms with Crippen molar-refractivity contribution in [2.75, 3.05) is 5.32 Å². The molecule has 10 aromatic rings. The Hall–Kier alpha value is -7.16. The lowest BCUT2D eigenvalue weighted by Gasteiger charge is -2.16. The van der Waals surface area contributed by atoms with Crippen molar-refractivity contribution >= 4 is 44.1 Å². The van der Waals surface area contributed by atoms with Crippen LogP contribution < -0.4 is 5.32 Å². The van der Waals surface area contributed by atoms with Crippen molar-refractivity contribution in [2.45, 2.75) is 0 Å². The Morgan fingerprint density at radius 3 is 1.48 bits per heavy atom. The fraction of sp³-hybridized carbons (Fsp3) is 0. The molecule has 1 aromatic heterocycles. The SMILES string of the molecule is c1ccc(-c2ccc(Nc3ccc(-c4ccccc4)cc3-c3ccc(-c4ccc5oc6c7ccccc7c(-c7ccccc7)cc6c5c4)cc3)cc2)cc1. The van der Waals surface area contributed by atoms with Gasteiger partial charge in [0, 0.05) is 33.1 Å². The topological polar surface area (TPSA) is 25.2 Å². The lowest BCUT2D eigenvalue weighted by Crippen LogP contribution is -1.94. The number of hydrogen-bond donors (Lipinski definition) is 1. The molecule has 10 rings (SSSR count). The highest BCUT2D eigenvalue weighted by Crippen LogP contribution is 2.41. The van der Waals surface area contributed by atoms with Crippen LogP contribution in [-0.2, 0) is 0 Å². The van der Waals surface area contributed by atoms with E-state index < -0.39 is 0 Å². The third-order valence-electron chi connectivity index (χ3n) is 10.5. The summed E-state index contributed by atoms with van der Waals surface area (Å²) in [6.07, 6.45) is 0. The summed E-state index contributed by atoms with van der Waals surface area (Å²) in [7, 11) is 0. The molecule has 0 radical (unpaired) electrons. The molecule has 0 aliphatic heterocycles. The quantitative estimate of drug-likeness (QED) is 0.180. The van der Waals surface area contributed by atoms with E-state index in [1.807, 2.05) is 0 Å². The van der Waals surface area contributed by atoms with Crippen LogP contribution in [0.3, 0.4) is 0 Å². The Morgan fingerprint density at radius 1 is 0.296 bits per heavy atom. The molecule has 254 valence electrons. The summed E-state index contributed by atoms with van der Waals surface area (Å²) in [6.45, 7) is 0. The standard InChI is InChI=1S/C52H35NO/c1-4-12-35(13-5-1)37-24-28-43(29-25-37)53-50-30-26-41(36-14-6-2-7-15-36)32-47(50)40-22-20-38(21-23-40)42-27-31-51-48(33-42)49-34-46(39-16-8-3-9-17-39)44-18-10-11-19-45(44)52(49)54-51/h1-34,53H. The molecule has 54 heavy (non-hydrogen) atoms. The second-order valence-corrected chi connectivity index (χ2v) is 13.8. The maximum atomic E-state index is 6.56. The van der Waals surface area contributed by atoms with Gasteiger partial charge in [0.15, 0.2) is 0 Å². The molecule has 2 heteroatoms. The van der Waals surface area contributed by atoms with E-state index in [0.717, 1.165) is 61.0 Å². The predicted molar refractivity (Wildman–Crippen MR) is 228 cm³/mol. The lowest BCUT2D eigenvalue weighted by atomic mass is 9.94. The third-order valence-corrected chi connectivity index (χ3v) is 10.5. The molecular formula is C52H35NO. The molecule has 0 amide bonds. The molecule has 1 N–H and O–H groups in total. The average molecular weight is 690 g/mol. The lowest BCUT2D eigenvalue weighted by molar-refractivity contribution is 0.673. The van der Waals surface area contributed by atoms with E-state index in [1.165, 1.54) is 38.8 Å². The van der Waals surface area contributed by atoms with E-state index in [1.54, 1.807) is 0 Å².